The lowest BCUT2D eigenvalue weighted by atomic mass is 10.2. The number of anilines is 1. The first-order valence-corrected chi connectivity index (χ1v) is 6.33. The van der Waals surface area contributed by atoms with Crippen LogP contribution >= 0.6 is 0 Å². The van der Waals surface area contributed by atoms with Gasteiger partial charge in [-0.05, 0) is 25.5 Å². The van der Waals surface area contributed by atoms with Crippen molar-refractivity contribution in [1.29, 1.82) is 0 Å². The normalized spacial score (nSPS) is 18.3. The lowest BCUT2D eigenvalue weighted by Crippen LogP contribution is -2.20. The van der Waals surface area contributed by atoms with Crippen LogP contribution in [0.25, 0.3) is 0 Å². The first-order chi connectivity index (χ1) is 9.04. The molecule has 1 atom stereocenters. The van der Waals surface area contributed by atoms with Crippen LogP contribution in [-0.2, 0) is 9.53 Å². The second-order valence-electron chi connectivity index (χ2n) is 4.84. The molecule has 1 N–H and O–H groups in total. The molecule has 19 heavy (non-hydrogen) atoms. The Morgan fingerprint density at radius 3 is 2.68 bits per heavy atom. The molecule has 0 aromatic heterocycles. The van der Waals surface area contributed by atoms with Crippen LogP contribution in [0.2, 0.25) is 0 Å². The molecule has 1 aromatic carbocycles. The zero-order valence-corrected chi connectivity index (χ0v) is 11.2. The highest BCUT2D eigenvalue weighted by molar-refractivity contribution is 5.90. The number of rotatable bonds is 4. The van der Waals surface area contributed by atoms with E-state index in [1.165, 1.54) is 4.90 Å². The number of benzene rings is 1. The van der Waals surface area contributed by atoms with Gasteiger partial charge in [0.2, 0.25) is 5.91 Å². The molecule has 1 saturated heterocycles. The predicted molar refractivity (Wildman–Crippen MR) is 71.9 cm³/mol. The van der Waals surface area contributed by atoms with Gasteiger partial charge in [0, 0.05) is 19.2 Å². The summed E-state index contributed by atoms with van der Waals surface area (Å²) in [6.45, 7) is 2.55. The standard InChI is InChI=1S/C14H18N2O3/c1-10-3-5-11(6-4-10)15-13(17)8-7-12-9-16(2)14(18)19-12/h3-6,12H,7-9H2,1-2H3,(H,15,17). The summed E-state index contributed by atoms with van der Waals surface area (Å²) in [6, 6.07) is 7.64. The second kappa shape index (κ2) is 5.73. The van der Waals surface area contributed by atoms with Crippen LogP contribution in [-0.4, -0.2) is 36.6 Å². The van der Waals surface area contributed by atoms with Crippen molar-refractivity contribution >= 4 is 17.7 Å². The summed E-state index contributed by atoms with van der Waals surface area (Å²) in [5.41, 5.74) is 1.94. The van der Waals surface area contributed by atoms with Crippen LogP contribution in [0.5, 0.6) is 0 Å². The molecule has 1 fully saturated rings. The number of amides is 2. The van der Waals surface area contributed by atoms with Crippen molar-refractivity contribution < 1.29 is 14.3 Å². The summed E-state index contributed by atoms with van der Waals surface area (Å²) in [7, 11) is 1.69. The minimum absolute atomic E-state index is 0.0607. The lowest BCUT2D eigenvalue weighted by molar-refractivity contribution is -0.116. The molecule has 2 amide bonds. The number of nitrogens with zero attached hydrogens (tertiary/aromatic N) is 1. The van der Waals surface area contributed by atoms with Gasteiger partial charge in [-0.25, -0.2) is 4.79 Å². The minimum Gasteiger partial charge on any atom is -0.444 e. The van der Waals surface area contributed by atoms with Crippen molar-refractivity contribution in [3.63, 3.8) is 0 Å². The number of ether oxygens (including phenoxy) is 1. The van der Waals surface area contributed by atoms with Crippen molar-refractivity contribution in [3.8, 4) is 0 Å². The Morgan fingerprint density at radius 1 is 1.42 bits per heavy atom. The van der Waals surface area contributed by atoms with Crippen LogP contribution in [0.4, 0.5) is 10.5 Å². The molecule has 1 unspecified atom stereocenters. The molecule has 0 aliphatic carbocycles. The molecule has 102 valence electrons. The molecule has 5 heteroatoms. The van der Waals surface area contributed by atoms with Gasteiger partial charge in [0.05, 0.1) is 6.54 Å². The van der Waals surface area contributed by atoms with Gasteiger partial charge in [-0.2, -0.15) is 0 Å². The van der Waals surface area contributed by atoms with Gasteiger partial charge in [0.15, 0.2) is 0 Å². The number of nitrogens with one attached hydrogen (secondary N) is 1. The highest BCUT2D eigenvalue weighted by Crippen LogP contribution is 2.15. The molecule has 1 aliphatic rings. The Morgan fingerprint density at radius 2 is 2.11 bits per heavy atom. The third-order valence-electron chi connectivity index (χ3n) is 3.09. The zero-order valence-electron chi connectivity index (χ0n) is 11.2. The van der Waals surface area contributed by atoms with Crippen LogP contribution in [0.15, 0.2) is 24.3 Å². The number of hydrogen-bond donors (Lipinski definition) is 1. The van der Waals surface area contributed by atoms with Crippen LogP contribution in [0.1, 0.15) is 18.4 Å². The van der Waals surface area contributed by atoms with Crippen molar-refractivity contribution in [2.24, 2.45) is 0 Å². The molecule has 0 spiro atoms. The summed E-state index contributed by atoms with van der Waals surface area (Å²) in [6.07, 6.45) is 0.401. The molecule has 0 bridgehead atoms. The molecular weight excluding hydrogens is 244 g/mol. The fourth-order valence-electron chi connectivity index (χ4n) is 1.95. The van der Waals surface area contributed by atoms with Gasteiger partial charge in [0.25, 0.3) is 0 Å². The largest absolute Gasteiger partial charge is 0.444 e. The van der Waals surface area contributed by atoms with E-state index in [2.05, 4.69) is 5.32 Å². The second-order valence-corrected chi connectivity index (χ2v) is 4.84. The van der Waals surface area contributed by atoms with E-state index in [-0.39, 0.29) is 18.1 Å². The third-order valence-corrected chi connectivity index (χ3v) is 3.09. The highest BCUT2D eigenvalue weighted by Gasteiger charge is 2.28. The summed E-state index contributed by atoms with van der Waals surface area (Å²) in [4.78, 5) is 24.4. The first-order valence-electron chi connectivity index (χ1n) is 6.33. The summed E-state index contributed by atoms with van der Waals surface area (Å²) in [5.74, 6) is -0.0607. The van der Waals surface area contributed by atoms with Crippen LogP contribution in [0, 0.1) is 6.92 Å². The van der Waals surface area contributed by atoms with Gasteiger partial charge in [-0.3, -0.25) is 4.79 Å². The summed E-state index contributed by atoms with van der Waals surface area (Å²) >= 11 is 0. The van der Waals surface area contributed by atoms with Crippen LogP contribution in [0.3, 0.4) is 0 Å². The highest BCUT2D eigenvalue weighted by atomic mass is 16.6. The summed E-state index contributed by atoms with van der Waals surface area (Å²) < 4.78 is 5.10. The molecule has 1 aliphatic heterocycles. The van der Waals surface area contributed by atoms with E-state index in [9.17, 15) is 9.59 Å². The Hall–Kier alpha value is -2.04. The monoisotopic (exact) mass is 262 g/mol. The van der Waals surface area contributed by atoms with Gasteiger partial charge >= 0.3 is 6.09 Å². The minimum atomic E-state index is -0.316. The molecule has 0 radical (unpaired) electrons. The van der Waals surface area contributed by atoms with E-state index in [1.807, 2.05) is 31.2 Å². The Bertz CT molecular complexity index is 470. The fourth-order valence-corrected chi connectivity index (χ4v) is 1.95. The predicted octanol–water partition coefficient (Wildman–Crippen LogP) is 2.16. The SMILES string of the molecule is Cc1ccc(NC(=O)CCC2CN(C)C(=O)O2)cc1. The number of carbonyl (C=O) groups excluding carboxylic acids is 2. The quantitative estimate of drug-likeness (QED) is 0.904. The number of carbonyl (C=O) groups is 2. The maximum atomic E-state index is 11.8. The number of cyclic esters (lactones) is 1. The van der Waals surface area contributed by atoms with E-state index in [1.54, 1.807) is 7.05 Å². The Balaban J connectivity index is 1.76. The zero-order chi connectivity index (χ0) is 13.8. The van der Waals surface area contributed by atoms with Crippen molar-refractivity contribution in [1.82, 2.24) is 4.90 Å². The number of aryl methyl sites for hydroxylation is 1. The van der Waals surface area contributed by atoms with E-state index < -0.39 is 0 Å². The third kappa shape index (κ3) is 3.71. The van der Waals surface area contributed by atoms with Gasteiger partial charge < -0.3 is 15.0 Å². The van der Waals surface area contributed by atoms with Gasteiger partial charge in [-0.15, -0.1) is 0 Å². The number of hydrogen-bond acceptors (Lipinski definition) is 3. The maximum absolute atomic E-state index is 11.8. The number of likely N-dealkylation sites (N-methyl/N-ethyl adjacent to an activating group) is 1. The summed E-state index contributed by atoms with van der Waals surface area (Å²) in [5, 5.41) is 2.82. The van der Waals surface area contributed by atoms with Gasteiger partial charge in [-0.1, -0.05) is 17.7 Å². The van der Waals surface area contributed by atoms with E-state index in [0.717, 1.165) is 11.3 Å². The molecule has 0 saturated carbocycles. The average Bonchev–Trinajstić information content (AvgIpc) is 2.69. The Labute approximate surface area is 112 Å². The topological polar surface area (TPSA) is 58.6 Å². The van der Waals surface area contributed by atoms with E-state index >= 15 is 0 Å². The molecule has 1 aromatic rings. The maximum Gasteiger partial charge on any atom is 0.409 e. The Kier molecular flexibility index (Phi) is 4.04. The van der Waals surface area contributed by atoms with Crippen LogP contribution < -0.4 is 5.32 Å². The van der Waals surface area contributed by atoms with E-state index in [0.29, 0.717) is 19.4 Å². The average molecular weight is 262 g/mol. The molecule has 2 rings (SSSR count). The van der Waals surface area contributed by atoms with Crippen molar-refractivity contribution in [2.45, 2.75) is 25.9 Å². The molecule has 1 heterocycles. The molecule has 5 nitrogen and oxygen atoms in total. The molecular formula is C14H18N2O3. The van der Waals surface area contributed by atoms with Gasteiger partial charge in [0.1, 0.15) is 6.10 Å². The first kappa shape index (κ1) is 13.4. The lowest BCUT2D eigenvalue weighted by Gasteiger charge is -2.08. The van der Waals surface area contributed by atoms with Crippen molar-refractivity contribution in [2.75, 3.05) is 18.9 Å². The smallest absolute Gasteiger partial charge is 0.409 e. The van der Waals surface area contributed by atoms with E-state index in [4.69, 9.17) is 4.74 Å². The fraction of sp³-hybridized carbons (Fsp3) is 0.429. The van der Waals surface area contributed by atoms with Crippen molar-refractivity contribution in [3.05, 3.63) is 29.8 Å².